The summed E-state index contributed by atoms with van der Waals surface area (Å²) in [7, 11) is 2.29. The van der Waals surface area contributed by atoms with Gasteiger partial charge in [0, 0.05) is 16.8 Å². The van der Waals surface area contributed by atoms with E-state index in [1.165, 1.54) is 43.5 Å². The maximum atomic E-state index is 14.6. The number of halogens is 4. The van der Waals surface area contributed by atoms with Gasteiger partial charge in [0.2, 0.25) is 0 Å². The Labute approximate surface area is 310 Å². The van der Waals surface area contributed by atoms with Crippen molar-refractivity contribution in [3.05, 3.63) is 186 Å². The number of para-hydroxylation sites is 1. The van der Waals surface area contributed by atoms with E-state index in [1.54, 1.807) is 19.1 Å². The summed E-state index contributed by atoms with van der Waals surface area (Å²) < 4.78 is 51.7. The van der Waals surface area contributed by atoms with Gasteiger partial charge in [-0.25, -0.2) is 4.39 Å². The molecule has 0 bridgehead atoms. The van der Waals surface area contributed by atoms with E-state index >= 15 is 0 Å². The summed E-state index contributed by atoms with van der Waals surface area (Å²) in [4.78, 5) is 2.28. The smallest absolute Gasteiger partial charge is 0.310 e. The summed E-state index contributed by atoms with van der Waals surface area (Å²) >= 11 is 0. The summed E-state index contributed by atoms with van der Waals surface area (Å²) in [5.74, 6) is 0. The van der Waals surface area contributed by atoms with E-state index in [2.05, 4.69) is 118 Å². The van der Waals surface area contributed by atoms with E-state index in [0.717, 1.165) is 47.6 Å². The second kappa shape index (κ2) is 15.0. The predicted molar refractivity (Wildman–Crippen MR) is 218 cm³/mol. The predicted octanol–water partition coefficient (Wildman–Crippen LogP) is 14.5. The first kappa shape index (κ1) is 36.1. The zero-order valence-electron chi connectivity index (χ0n) is 29.7. The van der Waals surface area contributed by atoms with Crippen molar-refractivity contribution in [2.45, 2.75) is 44.7 Å². The molecular weight excluding hydrogens is 685 g/mol. The average Bonchev–Trinajstić information content (AvgIpc) is 3.16. The highest BCUT2D eigenvalue weighted by molar-refractivity contribution is 7.18. The van der Waals surface area contributed by atoms with Crippen LogP contribution in [-0.2, 0) is 18.0 Å². The Bertz CT molecular complexity index is 2440. The lowest BCUT2D eigenvalue weighted by Gasteiger charge is -2.28. The van der Waals surface area contributed by atoms with Gasteiger partial charge in [0.25, 0.3) is 0 Å². The number of anilines is 3. The van der Waals surface area contributed by atoms with Gasteiger partial charge in [-0.2, -0.15) is 13.2 Å². The quantitative estimate of drug-likeness (QED) is 0.0937. The number of hydrogen-bond acceptors (Lipinski definition) is 1. The van der Waals surface area contributed by atoms with E-state index < -0.39 is 17.1 Å². The van der Waals surface area contributed by atoms with Crippen LogP contribution in [0.2, 0.25) is 0 Å². The molecule has 0 spiro atoms. The van der Waals surface area contributed by atoms with E-state index in [9.17, 15) is 17.6 Å². The van der Waals surface area contributed by atoms with Crippen molar-refractivity contribution in [1.82, 2.24) is 0 Å². The fraction of sp³-hybridized carbons (Fsp3) is 0.149. The molecule has 0 N–H and O–H groups in total. The molecule has 0 saturated carbocycles. The van der Waals surface area contributed by atoms with Crippen molar-refractivity contribution < 1.29 is 17.6 Å². The van der Waals surface area contributed by atoms with Gasteiger partial charge < -0.3 is 4.90 Å². The summed E-state index contributed by atoms with van der Waals surface area (Å²) in [5.41, 5.74) is 6.55. The molecule has 0 heterocycles. The topological polar surface area (TPSA) is 3.24 Å². The molecule has 6 heteroatoms. The maximum absolute atomic E-state index is 14.6. The molecule has 0 saturated heterocycles. The summed E-state index contributed by atoms with van der Waals surface area (Å²) in [5, 5.41) is 5.92. The molecule has 7 aromatic carbocycles. The van der Waals surface area contributed by atoms with Crippen molar-refractivity contribution in [3.8, 4) is 0 Å². The molecule has 1 aliphatic carbocycles. The minimum Gasteiger partial charge on any atom is -0.310 e. The van der Waals surface area contributed by atoms with Crippen LogP contribution >= 0.6 is 9.24 Å². The van der Waals surface area contributed by atoms with Gasteiger partial charge in [0.1, 0.15) is 5.41 Å². The van der Waals surface area contributed by atoms with Crippen molar-refractivity contribution in [1.29, 1.82) is 0 Å². The standard InChI is InChI=1S/C33H27FNP.C14H13F3/c1-22-20-30-28-14-8-9-15-29(28)32(21-31(30)27-13-7-6-12-26(22)27)35(24-10-4-3-5-11-24)25-18-16-23(17-19-25)33(2,34)36;15-14(16,17)13-8-6-12(7-9-13)10-11-4-2-1-3-5-11/h3-21H,36H2,1-2H3;2,4-9H,1,3,10H2. The SMILES string of the molecule is Cc1cc2c3ccccc3c(N(c3ccccc3)c3ccc(C(C)(F)P)cc3)cc2c2ccccc12.FC(F)(F)c1ccc(CC2=CCCC=C2)cc1. The Morgan fingerprint density at radius 3 is 1.74 bits per heavy atom. The number of rotatable bonds is 6. The van der Waals surface area contributed by atoms with Gasteiger partial charge in [-0.1, -0.05) is 125 Å². The minimum atomic E-state index is -4.25. The molecule has 0 amide bonds. The number of fused-ring (bicyclic) bond motifs is 5. The first-order chi connectivity index (χ1) is 25.5. The molecule has 2 unspecified atom stereocenters. The van der Waals surface area contributed by atoms with E-state index in [1.807, 2.05) is 36.4 Å². The molecule has 0 aliphatic heterocycles. The Hall–Kier alpha value is -5.25. The third-order valence-corrected chi connectivity index (χ3v) is 10.1. The normalized spacial score (nSPS) is 14.1. The molecule has 0 radical (unpaired) electrons. The highest BCUT2D eigenvalue weighted by Crippen LogP contribution is 2.44. The average molecular weight is 726 g/mol. The third-order valence-electron chi connectivity index (χ3n) is 9.77. The fourth-order valence-corrected chi connectivity index (χ4v) is 7.28. The maximum Gasteiger partial charge on any atom is 0.416 e. The second-order valence-electron chi connectivity index (χ2n) is 13.7. The lowest BCUT2D eigenvalue weighted by atomic mass is 9.93. The van der Waals surface area contributed by atoms with Gasteiger partial charge in [-0.15, -0.1) is 0 Å². The molecule has 8 rings (SSSR count). The summed E-state index contributed by atoms with van der Waals surface area (Å²) in [6.45, 7) is 3.75. The van der Waals surface area contributed by atoms with Gasteiger partial charge in [0.05, 0.1) is 11.3 Å². The summed E-state index contributed by atoms with van der Waals surface area (Å²) in [6, 6.07) is 45.4. The Morgan fingerprint density at radius 2 is 1.13 bits per heavy atom. The van der Waals surface area contributed by atoms with E-state index in [4.69, 9.17) is 0 Å². The monoisotopic (exact) mass is 725 g/mol. The van der Waals surface area contributed by atoms with Crippen LogP contribution in [0.4, 0.5) is 34.6 Å². The molecular formula is C47H40F4NP. The highest BCUT2D eigenvalue weighted by atomic mass is 31.0. The largest absolute Gasteiger partial charge is 0.416 e. The van der Waals surface area contributed by atoms with Crippen molar-refractivity contribution >= 4 is 58.6 Å². The number of aryl methyl sites for hydroxylation is 1. The Morgan fingerprint density at radius 1 is 0.585 bits per heavy atom. The molecule has 266 valence electrons. The molecule has 1 nitrogen and oxygen atoms in total. The Kier molecular flexibility index (Phi) is 10.2. The zero-order chi connectivity index (χ0) is 37.2. The van der Waals surface area contributed by atoms with Crippen molar-refractivity contribution in [3.63, 3.8) is 0 Å². The lowest BCUT2D eigenvalue weighted by molar-refractivity contribution is -0.137. The Balaban J connectivity index is 0.000000215. The van der Waals surface area contributed by atoms with Crippen molar-refractivity contribution in [2.75, 3.05) is 4.90 Å². The van der Waals surface area contributed by atoms with Crippen LogP contribution < -0.4 is 4.90 Å². The highest BCUT2D eigenvalue weighted by Gasteiger charge is 2.30. The first-order valence-corrected chi connectivity index (χ1v) is 18.3. The van der Waals surface area contributed by atoms with Gasteiger partial charge >= 0.3 is 6.18 Å². The van der Waals surface area contributed by atoms with Crippen LogP contribution in [0.25, 0.3) is 32.3 Å². The molecule has 0 aromatic heterocycles. The molecule has 1 aliphatic rings. The lowest BCUT2D eigenvalue weighted by Crippen LogP contribution is -2.11. The third kappa shape index (κ3) is 7.92. The number of allylic oxidation sites excluding steroid dienone is 4. The summed E-state index contributed by atoms with van der Waals surface area (Å²) in [6.07, 6.45) is 4.80. The molecule has 53 heavy (non-hydrogen) atoms. The molecule has 2 atom stereocenters. The fourth-order valence-electron chi connectivity index (χ4n) is 7.08. The van der Waals surface area contributed by atoms with Gasteiger partial charge in [0.15, 0.2) is 0 Å². The number of nitrogens with zero attached hydrogens (tertiary/aromatic N) is 1. The van der Waals surface area contributed by atoms with Crippen LogP contribution in [0.1, 0.15) is 42.0 Å². The molecule has 7 aromatic rings. The van der Waals surface area contributed by atoms with Crippen LogP contribution in [0.5, 0.6) is 0 Å². The van der Waals surface area contributed by atoms with Gasteiger partial charge in [-0.05, 0) is 125 Å². The van der Waals surface area contributed by atoms with Gasteiger partial charge in [-0.3, -0.25) is 0 Å². The van der Waals surface area contributed by atoms with Crippen LogP contribution in [0, 0.1) is 6.92 Å². The number of benzene rings is 7. The minimum absolute atomic E-state index is 0.589. The molecule has 0 fully saturated rings. The van der Waals surface area contributed by atoms with E-state index in [-0.39, 0.29) is 0 Å². The number of alkyl halides is 4. The van der Waals surface area contributed by atoms with Crippen molar-refractivity contribution in [2.24, 2.45) is 0 Å². The number of hydrogen-bond donors (Lipinski definition) is 0. The first-order valence-electron chi connectivity index (χ1n) is 17.8. The van der Waals surface area contributed by atoms with Crippen LogP contribution in [0.15, 0.2) is 163 Å². The second-order valence-corrected chi connectivity index (χ2v) is 14.8. The van der Waals surface area contributed by atoms with E-state index in [0.29, 0.717) is 12.0 Å². The van der Waals surface area contributed by atoms with Crippen LogP contribution in [0.3, 0.4) is 0 Å². The zero-order valence-corrected chi connectivity index (χ0v) is 30.8. The van der Waals surface area contributed by atoms with Crippen LogP contribution in [-0.4, -0.2) is 0 Å².